The van der Waals surface area contributed by atoms with Crippen molar-refractivity contribution in [1.82, 2.24) is 0 Å². The number of rotatable bonds is 3. The predicted molar refractivity (Wildman–Crippen MR) is 44.2 cm³/mol. The van der Waals surface area contributed by atoms with Gasteiger partial charge in [0.1, 0.15) is 12.4 Å². The molecule has 52 valence electrons. The number of hydrogen-bond acceptors (Lipinski definition) is 1. The molecular weight excluding hydrogens is 130 g/mol. The highest BCUT2D eigenvalue weighted by molar-refractivity contribution is 7.98. The molecule has 0 aromatic heterocycles. The first-order valence-electron chi connectivity index (χ1n) is 2.87. The second-order valence-corrected chi connectivity index (χ2v) is 3.55. The quantitative estimate of drug-likeness (QED) is 0.324. The molecule has 0 spiro atoms. The van der Waals surface area contributed by atoms with Gasteiger partial charge in [0.25, 0.3) is 0 Å². The molecule has 0 heterocycles. The fourth-order valence-electron chi connectivity index (χ4n) is 0.642. The topological polar surface area (TPSA) is 0 Å². The van der Waals surface area contributed by atoms with E-state index < -0.39 is 0 Å². The van der Waals surface area contributed by atoms with Crippen LogP contribution in [0.2, 0.25) is 0 Å². The average molecular weight is 144 g/mol. The van der Waals surface area contributed by atoms with Gasteiger partial charge in [-0.2, -0.15) is 0 Å². The first-order chi connectivity index (χ1) is 4.12. The Hall–Kier alpha value is -0.130. The summed E-state index contributed by atoms with van der Waals surface area (Å²) in [5.74, 6) is 3.74. The van der Waals surface area contributed by atoms with E-state index in [1.807, 2.05) is 11.8 Å². The highest BCUT2D eigenvalue weighted by Gasteiger charge is 2.10. The molecule has 0 aliphatic heterocycles. The van der Waals surface area contributed by atoms with Crippen molar-refractivity contribution in [1.29, 1.82) is 0 Å². The van der Waals surface area contributed by atoms with E-state index in [4.69, 9.17) is 6.42 Å². The largest absolute Gasteiger partial charge is 0.310 e. The van der Waals surface area contributed by atoms with E-state index in [2.05, 4.69) is 26.3 Å². The molecule has 2 heteroatoms. The number of thioether (sulfide) groups is 1. The van der Waals surface area contributed by atoms with Crippen LogP contribution in [-0.2, 0) is 0 Å². The van der Waals surface area contributed by atoms with E-state index in [0.29, 0.717) is 0 Å². The highest BCUT2D eigenvalue weighted by atomic mass is 32.2. The van der Waals surface area contributed by atoms with E-state index in [-0.39, 0.29) is 0 Å². The van der Waals surface area contributed by atoms with Crippen molar-refractivity contribution in [2.45, 2.75) is 0 Å². The Bertz CT molecular complexity index is 113. The lowest BCUT2D eigenvalue weighted by Gasteiger charge is -2.25. The van der Waals surface area contributed by atoms with Crippen LogP contribution in [0, 0.1) is 12.3 Å². The van der Waals surface area contributed by atoms with E-state index >= 15 is 0 Å². The Labute approximate surface area is 62.0 Å². The fraction of sp³-hybridized carbons (Fsp3) is 0.714. The first kappa shape index (κ1) is 8.87. The van der Waals surface area contributed by atoms with Gasteiger partial charge in [0.15, 0.2) is 0 Å². The lowest BCUT2D eigenvalue weighted by Crippen LogP contribution is -2.39. The zero-order chi connectivity index (χ0) is 7.33. The average Bonchev–Trinajstić information content (AvgIpc) is 1.64. The summed E-state index contributed by atoms with van der Waals surface area (Å²) in [5.41, 5.74) is 0. The van der Waals surface area contributed by atoms with E-state index in [1.165, 1.54) is 0 Å². The SMILES string of the molecule is C#CC[N+](C)(C)CSC. The molecule has 0 saturated heterocycles. The van der Waals surface area contributed by atoms with Gasteiger partial charge >= 0.3 is 0 Å². The third-order valence-electron chi connectivity index (χ3n) is 0.998. The number of nitrogens with zero attached hydrogens (tertiary/aromatic N) is 1. The molecular formula is C7H14NS+. The molecule has 0 atom stereocenters. The minimum atomic E-state index is 0.820. The first-order valence-corrected chi connectivity index (χ1v) is 4.26. The molecule has 0 bridgehead atoms. The van der Waals surface area contributed by atoms with Crippen LogP contribution in [0.3, 0.4) is 0 Å². The van der Waals surface area contributed by atoms with Crippen LogP contribution >= 0.6 is 11.8 Å². The minimum absolute atomic E-state index is 0.820. The highest BCUT2D eigenvalue weighted by Crippen LogP contribution is 2.03. The maximum atomic E-state index is 5.17. The summed E-state index contributed by atoms with van der Waals surface area (Å²) >= 11 is 1.83. The molecule has 0 fully saturated rings. The van der Waals surface area contributed by atoms with Crippen LogP contribution in [0.4, 0.5) is 0 Å². The third kappa shape index (κ3) is 4.38. The zero-order valence-corrected chi connectivity index (χ0v) is 7.16. The number of terminal acetylenes is 1. The molecule has 1 nitrogen and oxygen atoms in total. The normalized spacial score (nSPS) is 10.9. The fourth-order valence-corrected chi connectivity index (χ4v) is 1.43. The molecule has 0 aromatic carbocycles. The Balaban J connectivity index is 3.59. The molecule has 9 heavy (non-hydrogen) atoms. The van der Waals surface area contributed by atoms with Crippen molar-refractivity contribution in [2.24, 2.45) is 0 Å². The second kappa shape index (κ2) is 3.81. The van der Waals surface area contributed by atoms with E-state index in [0.717, 1.165) is 16.9 Å². The summed E-state index contributed by atoms with van der Waals surface area (Å²) in [4.78, 5) is 0. The van der Waals surface area contributed by atoms with Crippen LogP contribution in [0.25, 0.3) is 0 Å². The van der Waals surface area contributed by atoms with Gasteiger partial charge in [-0.1, -0.05) is 0 Å². The molecule has 0 unspecified atom stereocenters. The Morgan fingerprint density at radius 3 is 2.44 bits per heavy atom. The van der Waals surface area contributed by atoms with Gasteiger partial charge in [-0.3, -0.25) is 0 Å². The Kier molecular flexibility index (Phi) is 3.76. The van der Waals surface area contributed by atoms with Gasteiger partial charge in [-0.05, 0) is 12.2 Å². The van der Waals surface area contributed by atoms with Crippen molar-refractivity contribution in [3.8, 4) is 12.3 Å². The summed E-state index contributed by atoms with van der Waals surface area (Å²) in [6.07, 6.45) is 7.26. The van der Waals surface area contributed by atoms with E-state index in [9.17, 15) is 0 Å². The van der Waals surface area contributed by atoms with Crippen LogP contribution in [0.15, 0.2) is 0 Å². The molecule has 0 amide bonds. The van der Waals surface area contributed by atoms with Crippen molar-refractivity contribution < 1.29 is 4.48 Å². The summed E-state index contributed by atoms with van der Waals surface area (Å²) in [6.45, 7) is 0.820. The lowest BCUT2D eigenvalue weighted by atomic mass is 10.5. The van der Waals surface area contributed by atoms with Crippen LogP contribution < -0.4 is 0 Å². The summed E-state index contributed by atoms with van der Waals surface area (Å²) in [6, 6.07) is 0. The predicted octanol–water partition coefficient (Wildman–Crippen LogP) is 1.02. The minimum Gasteiger partial charge on any atom is -0.310 e. The Morgan fingerprint density at radius 1 is 1.56 bits per heavy atom. The third-order valence-corrected chi connectivity index (χ3v) is 1.96. The molecule has 0 saturated carbocycles. The molecule has 0 aliphatic carbocycles. The smallest absolute Gasteiger partial charge is 0.140 e. The van der Waals surface area contributed by atoms with Crippen molar-refractivity contribution >= 4 is 11.8 Å². The maximum Gasteiger partial charge on any atom is 0.140 e. The van der Waals surface area contributed by atoms with E-state index in [1.54, 1.807) is 0 Å². The van der Waals surface area contributed by atoms with Gasteiger partial charge in [-0.15, -0.1) is 18.2 Å². The summed E-state index contributed by atoms with van der Waals surface area (Å²) < 4.78 is 0.914. The van der Waals surface area contributed by atoms with Crippen LogP contribution in [0.1, 0.15) is 0 Å². The Morgan fingerprint density at radius 2 is 2.11 bits per heavy atom. The van der Waals surface area contributed by atoms with Crippen molar-refractivity contribution in [3.05, 3.63) is 0 Å². The molecule has 0 aliphatic rings. The lowest BCUT2D eigenvalue weighted by molar-refractivity contribution is -0.870. The van der Waals surface area contributed by atoms with Gasteiger partial charge < -0.3 is 4.48 Å². The zero-order valence-electron chi connectivity index (χ0n) is 6.35. The molecule has 0 radical (unpaired) electrons. The molecule has 0 rings (SSSR count). The molecule has 0 N–H and O–H groups in total. The monoisotopic (exact) mass is 144 g/mol. The summed E-state index contributed by atoms with van der Waals surface area (Å²) in [7, 11) is 4.27. The van der Waals surface area contributed by atoms with Gasteiger partial charge in [0.2, 0.25) is 0 Å². The summed E-state index contributed by atoms with van der Waals surface area (Å²) in [5, 5.41) is 0. The standard InChI is InChI=1S/C7H14NS/c1-5-6-8(2,3)7-9-4/h1H,6-7H2,2-4H3/q+1. The number of hydrogen-bond donors (Lipinski definition) is 0. The van der Waals surface area contributed by atoms with Gasteiger partial charge in [0.05, 0.1) is 14.1 Å². The second-order valence-electron chi connectivity index (χ2n) is 2.72. The molecule has 0 aromatic rings. The van der Waals surface area contributed by atoms with Crippen molar-refractivity contribution in [2.75, 3.05) is 32.8 Å². The van der Waals surface area contributed by atoms with Crippen LogP contribution in [-0.4, -0.2) is 37.3 Å². The maximum absolute atomic E-state index is 5.17. The van der Waals surface area contributed by atoms with Gasteiger partial charge in [-0.25, -0.2) is 0 Å². The van der Waals surface area contributed by atoms with Crippen LogP contribution in [0.5, 0.6) is 0 Å². The van der Waals surface area contributed by atoms with Gasteiger partial charge in [0, 0.05) is 0 Å². The number of quaternary nitrogens is 1. The van der Waals surface area contributed by atoms with Crippen molar-refractivity contribution in [3.63, 3.8) is 0 Å².